The largest absolute Gasteiger partial charge is 0.478 e. The number of carbonyl (C=O) groups excluding carboxylic acids is 2. The third-order valence-electron chi connectivity index (χ3n) is 4.54. The highest BCUT2D eigenvalue weighted by Crippen LogP contribution is 2.33. The summed E-state index contributed by atoms with van der Waals surface area (Å²) in [7, 11) is 0. The van der Waals surface area contributed by atoms with E-state index in [0.717, 1.165) is 17.5 Å². The Kier molecular flexibility index (Phi) is 4.08. The Morgan fingerprint density at radius 1 is 1.19 bits per heavy atom. The Morgan fingerprint density at radius 2 is 2.04 bits per heavy atom. The van der Waals surface area contributed by atoms with Crippen molar-refractivity contribution in [1.29, 1.82) is 0 Å². The topological polar surface area (TPSA) is 83.2 Å². The lowest BCUT2D eigenvalue weighted by atomic mass is 10.1. The maximum absolute atomic E-state index is 12.6. The number of ether oxygens (including phenoxy) is 1. The molecular weight excluding hydrogens is 330 g/mol. The van der Waals surface area contributed by atoms with E-state index in [0.29, 0.717) is 23.5 Å². The molecule has 0 aliphatic carbocycles. The van der Waals surface area contributed by atoms with Gasteiger partial charge in [-0.2, -0.15) is 0 Å². The van der Waals surface area contributed by atoms with Crippen LogP contribution in [0, 0.1) is 0 Å². The predicted octanol–water partition coefficient (Wildman–Crippen LogP) is 2.86. The monoisotopic (exact) mass is 349 g/mol. The SMILES string of the molecule is CC1Oc2c(cccc2C(=O)NCCc2c[nH]c3ccccc23)NC1=O. The quantitative estimate of drug-likeness (QED) is 0.677. The molecule has 2 amide bonds. The predicted molar refractivity (Wildman–Crippen MR) is 99.5 cm³/mol. The number of aromatic amines is 1. The molecule has 1 aliphatic rings. The van der Waals surface area contributed by atoms with Crippen LogP contribution in [0.15, 0.2) is 48.7 Å². The third kappa shape index (κ3) is 2.90. The summed E-state index contributed by atoms with van der Waals surface area (Å²) in [5.41, 5.74) is 3.20. The fraction of sp³-hybridized carbons (Fsp3) is 0.200. The van der Waals surface area contributed by atoms with E-state index in [9.17, 15) is 9.59 Å². The molecule has 1 unspecified atom stereocenters. The van der Waals surface area contributed by atoms with Crippen molar-refractivity contribution in [3.8, 4) is 5.75 Å². The van der Waals surface area contributed by atoms with Gasteiger partial charge >= 0.3 is 0 Å². The van der Waals surface area contributed by atoms with Crippen LogP contribution >= 0.6 is 0 Å². The number of amides is 2. The van der Waals surface area contributed by atoms with Crippen LogP contribution in [0.5, 0.6) is 5.75 Å². The van der Waals surface area contributed by atoms with Crippen LogP contribution in [0.3, 0.4) is 0 Å². The lowest BCUT2D eigenvalue weighted by Gasteiger charge is -2.25. The second kappa shape index (κ2) is 6.55. The molecule has 2 heterocycles. The van der Waals surface area contributed by atoms with E-state index in [1.165, 1.54) is 5.39 Å². The fourth-order valence-electron chi connectivity index (χ4n) is 3.15. The van der Waals surface area contributed by atoms with Gasteiger partial charge in [-0.05, 0) is 37.1 Å². The van der Waals surface area contributed by atoms with Gasteiger partial charge in [-0.25, -0.2) is 0 Å². The van der Waals surface area contributed by atoms with Crippen LogP contribution in [-0.2, 0) is 11.2 Å². The second-order valence-electron chi connectivity index (χ2n) is 6.30. The molecule has 1 atom stereocenters. The van der Waals surface area contributed by atoms with Gasteiger partial charge < -0.3 is 20.4 Å². The Morgan fingerprint density at radius 3 is 2.92 bits per heavy atom. The highest BCUT2D eigenvalue weighted by atomic mass is 16.5. The first-order valence-corrected chi connectivity index (χ1v) is 8.57. The highest BCUT2D eigenvalue weighted by molar-refractivity contribution is 6.04. The first-order chi connectivity index (χ1) is 12.6. The highest BCUT2D eigenvalue weighted by Gasteiger charge is 2.27. The summed E-state index contributed by atoms with van der Waals surface area (Å²) in [6, 6.07) is 13.2. The summed E-state index contributed by atoms with van der Waals surface area (Å²) in [4.78, 5) is 27.5. The van der Waals surface area contributed by atoms with Gasteiger partial charge in [0.05, 0.1) is 11.3 Å². The van der Waals surface area contributed by atoms with E-state index in [-0.39, 0.29) is 11.8 Å². The molecule has 0 fully saturated rings. The number of benzene rings is 2. The number of H-pyrrole nitrogens is 1. The van der Waals surface area contributed by atoms with Crippen LogP contribution in [0.2, 0.25) is 0 Å². The van der Waals surface area contributed by atoms with Crippen molar-refractivity contribution in [3.05, 3.63) is 59.8 Å². The minimum atomic E-state index is -0.623. The molecule has 26 heavy (non-hydrogen) atoms. The Bertz CT molecular complexity index is 993. The Balaban J connectivity index is 1.46. The smallest absolute Gasteiger partial charge is 0.265 e. The number of fused-ring (bicyclic) bond motifs is 2. The molecule has 0 spiro atoms. The number of anilines is 1. The number of para-hydroxylation sites is 2. The Hall–Kier alpha value is -3.28. The molecule has 0 saturated carbocycles. The summed E-state index contributed by atoms with van der Waals surface area (Å²) in [6.45, 7) is 2.16. The number of carbonyl (C=O) groups is 2. The molecule has 6 nitrogen and oxygen atoms in total. The van der Waals surface area contributed by atoms with Crippen LogP contribution in [0.4, 0.5) is 5.69 Å². The molecule has 1 aliphatic heterocycles. The van der Waals surface area contributed by atoms with Gasteiger partial charge in [0.15, 0.2) is 11.9 Å². The van der Waals surface area contributed by atoms with Crippen LogP contribution in [-0.4, -0.2) is 29.4 Å². The standard InChI is InChI=1S/C20H19N3O3/c1-12-19(24)23-17-8-4-6-15(18(17)26-12)20(25)21-10-9-13-11-22-16-7-3-2-5-14(13)16/h2-8,11-12,22H,9-10H2,1H3,(H,21,25)(H,23,24). The minimum absolute atomic E-state index is 0.214. The molecule has 0 radical (unpaired) electrons. The summed E-state index contributed by atoms with van der Waals surface area (Å²) >= 11 is 0. The van der Waals surface area contributed by atoms with E-state index in [2.05, 4.69) is 21.7 Å². The van der Waals surface area contributed by atoms with E-state index in [4.69, 9.17) is 4.74 Å². The zero-order chi connectivity index (χ0) is 18.1. The molecule has 132 valence electrons. The lowest BCUT2D eigenvalue weighted by molar-refractivity contribution is -0.122. The number of rotatable bonds is 4. The summed E-state index contributed by atoms with van der Waals surface area (Å²) < 4.78 is 5.63. The molecule has 3 aromatic rings. The minimum Gasteiger partial charge on any atom is -0.478 e. The van der Waals surface area contributed by atoms with Crippen molar-refractivity contribution in [2.24, 2.45) is 0 Å². The van der Waals surface area contributed by atoms with E-state index >= 15 is 0 Å². The second-order valence-corrected chi connectivity index (χ2v) is 6.30. The maximum atomic E-state index is 12.6. The van der Waals surface area contributed by atoms with Crippen molar-refractivity contribution in [1.82, 2.24) is 10.3 Å². The van der Waals surface area contributed by atoms with Crippen LogP contribution < -0.4 is 15.4 Å². The van der Waals surface area contributed by atoms with Gasteiger partial charge in [-0.3, -0.25) is 9.59 Å². The number of aromatic nitrogens is 1. The summed E-state index contributed by atoms with van der Waals surface area (Å²) in [6.07, 6.45) is 2.07. The van der Waals surface area contributed by atoms with Gasteiger partial charge in [-0.1, -0.05) is 24.3 Å². The molecule has 0 saturated heterocycles. The van der Waals surface area contributed by atoms with Crippen LogP contribution in [0.25, 0.3) is 10.9 Å². The van der Waals surface area contributed by atoms with Crippen molar-refractivity contribution < 1.29 is 14.3 Å². The van der Waals surface area contributed by atoms with E-state index in [1.807, 2.05) is 24.4 Å². The number of nitrogens with one attached hydrogen (secondary N) is 3. The zero-order valence-electron chi connectivity index (χ0n) is 14.3. The van der Waals surface area contributed by atoms with E-state index < -0.39 is 6.10 Å². The number of hydrogen-bond donors (Lipinski definition) is 3. The molecule has 0 bridgehead atoms. The average Bonchev–Trinajstić information content (AvgIpc) is 3.05. The van der Waals surface area contributed by atoms with Crippen molar-refractivity contribution in [3.63, 3.8) is 0 Å². The maximum Gasteiger partial charge on any atom is 0.265 e. The van der Waals surface area contributed by atoms with Gasteiger partial charge in [0.1, 0.15) is 0 Å². The number of hydrogen-bond acceptors (Lipinski definition) is 3. The molecule has 2 aromatic carbocycles. The van der Waals surface area contributed by atoms with Crippen molar-refractivity contribution >= 4 is 28.4 Å². The van der Waals surface area contributed by atoms with Gasteiger partial charge in [0.25, 0.3) is 11.8 Å². The summed E-state index contributed by atoms with van der Waals surface area (Å²) in [5, 5.41) is 6.85. The lowest BCUT2D eigenvalue weighted by Crippen LogP contribution is -2.36. The van der Waals surface area contributed by atoms with E-state index in [1.54, 1.807) is 25.1 Å². The molecule has 6 heteroatoms. The third-order valence-corrected chi connectivity index (χ3v) is 4.54. The molecule has 4 rings (SSSR count). The Labute approximate surface area is 150 Å². The normalized spacial score (nSPS) is 15.9. The molecular formula is C20H19N3O3. The summed E-state index contributed by atoms with van der Waals surface area (Å²) in [5.74, 6) is -0.0105. The van der Waals surface area contributed by atoms with Gasteiger partial charge in [0, 0.05) is 23.6 Å². The first kappa shape index (κ1) is 16.2. The average molecular weight is 349 g/mol. The zero-order valence-corrected chi connectivity index (χ0v) is 14.3. The van der Waals surface area contributed by atoms with Crippen LogP contribution in [0.1, 0.15) is 22.8 Å². The molecule has 3 N–H and O–H groups in total. The van der Waals surface area contributed by atoms with Gasteiger partial charge in [-0.15, -0.1) is 0 Å². The first-order valence-electron chi connectivity index (χ1n) is 8.57. The van der Waals surface area contributed by atoms with Crippen molar-refractivity contribution in [2.45, 2.75) is 19.4 Å². The fourth-order valence-corrected chi connectivity index (χ4v) is 3.15. The molecule has 1 aromatic heterocycles. The van der Waals surface area contributed by atoms with Gasteiger partial charge in [0.2, 0.25) is 0 Å². The van der Waals surface area contributed by atoms with Crippen molar-refractivity contribution in [2.75, 3.05) is 11.9 Å².